The minimum absolute atomic E-state index is 0.394. The van der Waals surface area contributed by atoms with Crippen LogP contribution in [0.3, 0.4) is 0 Å². The number of aromatic nitrogens is 2. The highest BCUT2D eigenvalue weighted by Gasteiger charge is 2.09. The smallest absolute Gasteiger partial charge is 0.111 e. The minimum Gasteiger partial charge on any atom is -0.334 e. The number of hydrogen-bond acceptors (Lipinski definition) is 2. The second kappa shape index (κ2) is 5.96. The first kappa shape index (κ1) is 13.0. The molecule has 0 radical (unpaired) electrons. The SMILES string of the molecule is CC(C)c1nccn1CC[S@](=O)c1ccccc1. The van der Waals surface area contributed by atoms with Crippen LogP contribution >= 0.6 is 0 Å². The van der Waals surface area contributed by atoms with Crippen molar-refractivity contribution in [3.63, 3.8) is 0 Å². The summed E-state index contributed by atoms with van der Waals surface area (Å²) in [5.41, 5.74) is 0. The molecule has 4 heteroatoms. The molecule has 0 amide bonds. The van der Waals surface area contributed by atoms with Crippen LogP contribution in [-0.4, -0.2) is 19.5 Å². The summed E-state index contributed by atoms with van der Waals surface area (Å²) < 4.78 is 14.2. The summed E-state index contributed by atoms with van der Waals surface area (Å²) in [6.45, 7) is 4.98. The number of rotatable bonds is 5. The third-order valence-electron chi connectivity index (χ3n) is 2.79. The molecule has 1 heterocycles. The first-order valence-corrected chi connectivity index (χ1v) is 7.45. The maximum absolute atomic E-state index is 12.1. The van der Waals surface area contributed by atoms with Crippen molar-refractivity contribution in [2.75, 3.05) is 5.75 Å². The Hall–Kier alpha value is -1.42. The van der Waals surface area contributed by atoms with Gasteiger partial charge in [-0.25, -0.2) is 4.98 Å². The maximum Gasteiger partial charge on any atom is 0.111 e. The molecule has 3 nitrogen and oxygen atoms in total. The van der Waals surface area contributed by atoms with Crippen LogP contribution in [-0.2, 0) is 17.3 Å². The zero-order valence-corrected chi connectivity index (χ0v) is 11.6. The molecule has 0 aliphatic heterocycles. The number of nitrogens with zero attached hydrogens (tertiary/aromatic N) is 2. The predicted octanol–water partition coefficient (Wildman–Crippen LogP) is 2.81. The van der Waals surface area contributed by atoms with Crippen molar-refractivity contribution in [1.82, 2.24) is 9.55 Å². The molecule has 0 aliphatic rings. The van der Waals surface area contributed by atoms with E-state index in [-0.39, 0.29) is 0 Å². The molecule has 1 atom stereocenters. The summed E-state index contributed by atoms with van der Waals surface area (Å²) in [6.07, 6.45) is 3.76. The van der Waals surface area contributed by atoms with Gasteiger partial charge >= 0.3 is 0 Å². The fourth-order valence-corrected chi connectivity index (χ4v) is 2.94. The van der Waals surface area contributed by atoms with E-state index < -0.39 is 10.8 Å². The van der Waals surface area contributed by atoms with Gasteiger partial charge in [-0.3, -0.25) is 4.21 Å². The summed E-state index contributed by atoms with van der Waals surface area (Å²) in [5, 5.41) is 0. The van der Waals surface area contributed by atoms with Gasteiger partial charge in [-0.1, -0.05) is 32.0 Å². The van der Waals surface area contributed by atoms with Crippen LogP contribution in [0.25, 0.3) is 0 Å². The van der Waals surface area contributed by atoms with E-state index in [0.717, 1.165) is 17.3 Å². The van der Waals surface area contributed by atoms with Crippen LogP contribution < -0.4 is 0 Å². The van der Waals surface area contributed by atoms with Crippen molar-refractivity contribution in [1.29, 1.82) is 0 Å². The highest BCUT2D eigenvalue weighted by atomic mass is 32.2. The first-order chi connectivity index (χ1) is 8.68. The molecule has 96 valence electrons. The van der Waals surface area contributed by atoms with E-state index in [2.05, 4.69) is 23.4 Å². The van der Waals surface area contributed by atoms with Crippen LogP contribution in [0.4, 0.5) is 0 Å². The van der Waals surface area contributed by atoms with Gasteiger partial charge in [0.2, 0.25) is 0 Å². The van der Waals surface area contributed by atoms with Crippen molar-refractivity contribution in [2.24, 2.45) is 0 Å². The van der Waals surface area contributed by atoms with E-state index in [4.69, 9.17) is 0 Å². The van der Waals surface area contributed by atoms with E-state index >= 15 is 0 Å². The summed E-state index contributed by atoms with van der Waals surface area (Å²) in [7, 11) is -0.938. The van der Waals surface area contributed by atoms with E-state index in [0.29, 0.717) is 11.7 Å². The third kappa shape index (κ3) is 3.07. The Morgan fingerprint density at radius 2 is 2.00 bits per heavy atom. The van der Waals surface area contributed by atoms with Gasteiger partial charge in [0.05, 0.1) is 10.8 Å². The number of hydrogen-bond donors (Lipinski definition) is 0. The van der Waals surface area contributed by atoms with Crippen LogP contribution in [0.1, 0.15) is 25.6 Å². The summed E-state index contributed by atoms with van der Waals surface area (Å²) in [6, 6.07) is 9.60. The minimum atomic E-state index is -0.938. The molecule has 1 aromatic heterocycles. The lowest BCUT2D eigenvalue weighted by atomic mass is 10.2. The molecule has 0 fully saturated rings. The zero-order chi connectivity index (χ0) is 13.0. The highest BCUT2D eigenvalue weighted by Crippen LogP contribution is 2.12. The normalized spacial score (nSPS) is 12.8. The van der Waals surface area contributed by atoms with Crippen molar-refractivity contribution in [3.05, 3.63) is 48.5 Å². The van der Waals surface area contributed by atoms with Gasteiger partial charge in [0.1, 0.15) is 5.82 Å². The van der Waals surface area contributed by atoms with Gasteiger partial charge in [0.15, 0.2) is 0 Å². The van der Waals surface area contributed by atoms with E-state index in [1.807, 2.05) is 36.5 Å². The Morgan fingerprint density at radius 1 is 1.28 bits per heavy atom. The van der Waals surface area contributed by atoms with Gasteiger partial charge in [0.25, 0.3) is 0 Å². The molecular formula is C14H18N2OS. The Kier molecular flexibility index (Phi) is 4.31. The molecule has 1 aromatic carbocycles. The van der Waals surface area contributed by atoms with Gasteiger partial charge in [-0.2, -0.15) is 0 Å². The van der Waals surface area contributed by atoms with Gasteiger partial charge in [-0.15, -0.1) is 0 Å². The van der Waals surface area contributed by atoms with Crippen LogP contribution in [0, 0.1) is 0 Å². The molecule has 2 aromatic rings. The van der Waals surface area contributed by atoms with Crippen LogP contribution in [0.5, 0.6) is 0 Å². The van der Waals surface area contributed by atoms with Gasteiger partial charge < -0.3 is 4.57 Å². The molecule has 0 saturated carbocycles. The van der Waals surface area contributed by atoms with Crippen molar-refractivity contribution < 1.29 is 4.21 Å². The lowest BCUT2D eigenvalue weighted by molar-refractivity contribution is 0.642. The zero-order valence-electron chi connectivity index (χ0n) is 10.7. The second-order valence-corrected chi connectivity index (χ2v) is 6.07. The average Bonchev–Trinajstić information content (AvgIpc) is 2.85. The first-order valence-electron chi connectivity index (χ1n) is 6.13. The molecule has 0 aliphatic carbocycles. The van der Waals surface area contributed by atoms with Crippen molar-refractivity contribution >= 4 is 10.8 Å². The third-order valence-corrected chi connectivity index (χ3v) is 4.14. The quantitative estimate of drug-likeness (QED) is 0.830. The number of aryl methyl sites for hydroxylation is 1. The maximum atomic E-state index is 12.1. The summed E-state index contributed by atoms with van der Waals surface area (Å²) in [5.74, 6) is 2.07. The molecule has 0 unspecified atom stereocenters. The Morgan fingerprint density at radius 3 is 2.67 bits per heavy atom. The van der Waals surface area contributed by atoms with Gasteiger partial charge in [0, 0.05) is 35.5 Å². The second-order valence-electron chi connectivity index (χ2n) is 4.50. The number of benzene rings is 1. The van der Waals surface area contributed by atoms with Crippen molar-refractivity contribution in [2.45, 2.75) is 31.2 Å². The van der Waals surface area contributed by atoms with E-state index in [1.165, 1.54) is 0 Å². The molecule has 0 spiro atoms. The Bertz CT molecular complexity index is 520. The largest absolute Gasteiger partial charge is 0.334 e. The number of imidazole rings is 1. The fraction of sp³-hybridized carbons (Fsp3) is 0.357. The monoisotopic (exact) mass is 262 g/mol. The van der Waals surface area contributed by atoms with Crippen LogP contribution in [0.15, 0.2) is 47.6 Å². The lowest BCUT2D eigenvalue weighted by Crippen LogP contribution is -2.11. The topological polar surface area (TPSA) is 34.9 Å². The molecule has 0 N–H and O–H groups in total. The molecule has 0 saturated heterocycles. The molecule has 2 rings (SSSR count). The van der Waals surface area contributed by atoms with E-state index in [1.54, 1.807) is 6.20 Å². The summed E-state index contributed by atoms with van der Waals surface area (Å²) in [4.78, 5) is 5.22. The summed E-state index contributed by atoms with van der Waals surface area (Å²) >= 11 is 0. The Balaban J connectivity index is 2.00. The molecular weight excluding hydrogens is 244 g/mol. The van der Waals surface area contributed by atoms with Crippen LogP contribution in [0.2, 0.25) is 0 Å². The predicted molar refractivity (Wildman–Crippen MR) is 74.0 cm³/mol. The lowest BCUT2D eigenvalue weighted by Gasteiger charge is -2.10. The van der Waals surface area contributed by atoms with Crippen molar-refractivity contribution in [3.8, 4) is 0 Å². The van der Waals surface area contributed by atoms with Gasteiger partial charge in [-0.05, 0) is 12.1 Å². The fourth-order valence-electron chi connectivity index (χ4n) is 1.88. The standard InChI is InChI=1S/C14H18N2OS/c1-12(2)14-15-8-9-16(14)10-11-18(17)13-6-4-3-5-7-13/h3-9,12H,10-11H2,1-2H3/t18-/m0/s1. The molecule has 0 bridgehead atoms. The average molecular weight is 262 g/mol. The highest BCUT2D eigenvalue weighted by molar-refractivity contribution is 7.85. The molecule has 18 heavy (non-hydrogen) atoms. The van der Waals surface area contributed by atoms with E-state index in [9.17, 15) is 4.21 Å². The Labute approximate surface area is 110 Å².